The van der Waals surface area contributed by atoms with E-state index in [2.05, 4.69) is 39.9 Å². The maximum absolute atomic E-state index is 5.97. The summed E-state index contributed by atoms with van der Waals surface area (Å²) in [7, 11) is 5.09. The zero-order valence-corrected chi connectivity index (χ0v) is 19.5. The summed E-state index contributed by atoms with van der Waals surface area (Å²) in [6.07, 6.45) is 1.17. The van der Waals surface area contributed by atoms with E-state index < -0.39 is 0 Å². The molecule has 0 amide bonds. The summed E-state index contributed by atoms with van der Waals surface area (Å²) in [6, 6.07) is 16.2. The van der Waals surface area contributed by atoms with Gasteiger partial charge < -0.3 is 24.8 Å². The SMILES string of the molecule is CN=C(NCc1ccc(OC)cc1OC)NCC1CCOC1c1ccccc1.I. The van der Waals surface area contributed by atoms with Crippen LogP contribution in [-0.2, 0) is 11.3 Å². The van der Waals surface area contributed by atoms with Crippen LogP contribution in [0.15, 0.2) is 53.5 Å². The van der Waals surface area contributed by atoms with E-state index in [-0.39, 0.29) is 30.1 Å². The fourth-order valence-electron chi connectivity index (χ4n) is 3.48. The van der Waals surface area contributed by atoms with Crippen molar-refractivity contribution in [3.05, 3.63) is 59.7 Å². The van der Waals surface area contributed by atoms with Crippen molar-refractivity contribution in [3.8, 4) is 11.5 Å². The van der Waals surface area contributed by atoms with Gasteiger partial charge in [0.1, 0.15) is 11.5 Å². The first-order valence-corrected chi connectivity index (χ1v) is 9.57. The molecule has 0 radical (unpaired) electrons. The van der Waals surface area contributed by atoms with Crippen LogP contribution >= 0.6 is 24.0 Å². The standard InChI is InChI=1S/C22H29N3O3.HI/c1-23-22(24-14-17-9-10-19(26-2)13-20(17)27-3)25-15-18-11-12-28-21(18)16-7-5-4-6-8-16;/h4-10,13,18,21H,11-12,14-15H2,1-3H3,(H2,23,24,25);1H. The lowest BCUT2D eigenvalue weighted by molar-refractivity contribution is 0.0915. The van der Waals surface area contributed by atoms with Gasteiger partial charge in [-0.25, -0.2) is 0 Å². The Morgan fingerprint density at radius 2 is 1.90 bits per heavy atom. The Bertz CT molecular complexity index is 786. The number of hydrogen-bond donors (Lipinski definition) is 2. The highest BCUT2D eigenvalue weighted by molar-refractivity contribution is 14.0. The quantitative estimate of drug-likeness (QED) is 0.337. The highest BCUT2D eigenvalue weighted by Crippen LogP contribution is 2.33. The number of ether oxygens (including phenoxy) is 3. The fraction of sp³-hybridized carbons (Fsp3) is 0.409. The summed E-state index contributed by atoms with van der Waals surface area (Å²) in [5.41, 5.74) is 2.27. The van der Waals surface area contributed by atoms with Crippen molar-refractivity contribution < 1.29 is 14.2 Å². The number of guanidine groups is 1. The summed E-state index contributed by atoms with van der Waals surface area (Å²) < 4.78 is 16.7. The van der Waals surface area contributed by atoms with Crippen LogP contribution in [0, 0.1) is 5.92 Å². The van der Waals surface area contributed by atoms with Gasteiger partial charge in [0.25, 0.3) is 0 Å². The van der Waals surface area contributed by atoms with Crippen molar-refractivity contribution >= 4 is 29.9 Å². The molecule has 1 aliphatic rings. The first kappa shape index (κ1) is 23.3. The molecule has 2 atom stereocenters. The Morgan fingerprint density at radius 1 is 1.10 bits per heavy atom. The molecule has 6 nitrogen and oxygen atoms in total. The van der Waals surface area contributed by atoms with E-state index in [1.165, 1.54) is 5.56 Å². The van der Waals surface area contributed by atoms with Gasteiger partial charge in [-0.3, -0.25) is 4.99 Å². The fourth-order valence-corrected chi connectivity index (χ4v) is 3.48. The van der Waals surface area contributed by atoms with E-state index in [1.807, 2.05) is 24.3 Å². The smallest absolute Gasteiger partial charge is 0.191 e. The Labute approximate surface area is 190 Å². The van der Waals surface area contributed by atoms with Crippen LogP contribution in [0.3, 0.4) is 0 Å². The van der Waals surface area contributed by atoms with Gasteiger partial charge in [0.05, 0.1) is 20.3 Å². The molecule has 1 saturated heterocycles. The Morgan fingerprint density at radius 3 is 2.59 bits per heavy atom. The average molecular weight is 511 g/mol. The van der Waals surface area contributed by atoms with E-state index in [1.54, 1.807) is 21.3 Å². The lowest BCUT2D eigenvalue weighted by Gasteiger charge is -2.21. The number of nitrogens with zero attached hydrogens (tertiary/aromatic N) is 1. The molecular weight excluding hydrogens is 481 g/mol. The molecule has 2 N–H and O–H groups in total. The minimum Gasteiger partial charge on any atom is -0.497 e. The average Bonchev–Trinajstić information content (AvgIpc) is 3.23. The summed E-state index contributed by atoms with van der Waals surface area (Å²) in [5.74, 6) is 2.74. The summed E-state index contributed by atoms with van der Waals surface area (Å²) >= 11 is 0. The predicted octanol–water partition coefficient (Wildman–Crippen LogP) is 3.76. The van der Waals surface area contributed by atoms with Crippen LogP contribution in [0.2, 0.25) is 0 Å². The highest BCUT2D eigenvalue weighted by atomic mass is 127. The summed E-state index contributed by atoms with van der Waals surface area (Å²) in [5, 5.41) is 6.79. The zero-order chi connectivity index (χ0) is 19.8. The second-order valence-corrected chi connectivity index (χ2v) is 6.74. The molecule has 3 rings (SSSR count). The minimum absolute atomic E-state index is 0. The third-order valence-corrected chi connectivity index (χ3v) is 5.04. The second kappa shape index (κ2) is 11.9. The van der Waals surface area contributed by atoms with E-state index in [9.17, 15) is 0 Å². The number of halogens is 1. The van der Waals surface area contributed by atoms with Gasteiger partial charge >= 0.3 is 0 Å². The molecule has 29 heavy (non-hydrogen) atoms. The van der Waals surface area contributed by atoms with Crippen molar-refractivity contribution in [2.45, 2.75) is 19.1 Å². The number of hydrogen-bond acceptors (Lipinski definition) is 4. The van der Waals surface area contributed by atoms with E-state index >= 15 is 0 Å². The Kier molecular flexibility index (Phi) is 9.53. The molecular formula is C22H30IN3O3. The van der Waals surface area contributed by atoms with Gasteiger partial charge in [0.15, 0.2) is 5.96 Å². The molecule has 158 valence electrons. The first-order valence-electron chi connectivity index (χ1n) is 9.57. The maximum atomic E-state index is 5.97. The number of rotatable bonds is 7. The molecule has 0 bridgehead atoms. The molecule has 2 unspecified atom stereocenters. The largest absolute Gasteiger partial charge is 0.497 e. The maximum Gasteiger partial charge on any atom is 0.191 e. The lowest BCUT2D eigenvalue weighted by atomic mass is 9.95. The predicted molar refractivity (Wildman–Crippen MR) is 126 cm³/mol. The molecule has 0 spiro atoms. The molecule has 2 aromatic rings. The molecule has 0 saturated carbocycles. The number of nitrogens with one attached hydrogen (secondary N) is 2. The van der Waals surface area contributed by atoms with Gasteiger partial charge in [-0.2, -0.15) is 0 Å². The van der Waals surface area contributed by atoms with Crippen molar-refractivity contribution in [1.82, 2.24) is 10.6 Å². The molecule has 1 aliphatic heterocycles. The van der Waals surface area contributed by atoms with Gasteiger partial charge in [0, 0.05) is 44.3 Å². The Hall–Kier alpha value is -2.00. The molecule has 0 aliphatic carbocycles. The van der Waals surface area contributed by atoms with Crippen molar-refractivity contribution in [3.63, 3.8) is 0 Å². The molecule has 1 fully saturated rings. The number of aliphatic imine (C=N–C) groups is 1. The van der Waals surface area contributed by atoms with Crippen molar-refractivity contribution in [2.75, 3.05) is 34.4 Å². The van der Waals surface area contributed by atoms with Crippen molar-refractivity contribution in [1.29, 1.82) is 0 Å². The topological polar surface area (TPSA) is 64.1 Å². The van der Waals surface area contributed by atoms with E-state index in [0.717, 1.165) is 42.6 Å². The Balaban J connectivity index is 0.00000300. The van der Waals surface area contributed by atoms with Gasteiger partial charge in [0.2, 0.25) is 0 Å². The van der Waals surface area contributed by atoms with Crippen LogP contribution < -0.4 is 20.1 Å². The number of benzene rings is 2. The zero-order valence-electron chi connectivity index (χ0n) is 17.2. The molecule has 7 heteroatoms. The van der Waals surface area contributed by atoms with Gasteiger partial charge in [-0.05, 0) is 24.1 Å². The lowest BCUT2D eigenvalue weighted by Crippen LogP contribution is -2.39. The first-order chi connectivity index (χ1) is 13.7. The van der Waals surface area contributed by atoms with Crippen LogP contribution in [-0.4, -0.2) is 40.4 Å². The van der Waals surface area contributed by atoms with E-state index in [4.69, 9.17) is 14.2 Å². The number of methoxy groups -OCH3 is 2. The van der Waals surface area contributed by atoms with Crippen LogP contribution in [0.25, 0.3) is 0 Å². The molecule has 2 aromatic carbocycles. The summed E-state index contributed by atoms with van der Waals surface area (Å²) in [6.45, 7) is 2.20. The van der Waals surface area contributed by atoms with Crippen molar-refractivity contribution in [2.24, 2.45) is 10.9 Å². The van der Waals surface area contributed by atoms with Gasteiger partial charge in [-0.1, -0.05) is 30.3 Å². The van der Waals surface area contributed by atoms with Crippen LogP contribution in [0.5, 0.6) is 11.5 Å². The molecule has 1 heterocycles. The van der Waals surface area contributed by atoms with E-state index in [0.29, 0.717) is 12.5 Å². The normalized spacial score (nSPS) is 18.7. The van der Waals surface area contributed by atoms with Crippen LogP contribution in [0.4, 0.5) is 0 Å². The molecule has 0 aromatic heterocycles. The third kappa shape index (κ3) is 6.24. The highest BCUT2D eigenvalue weighted by Gasteiger charge is 2.29. The third-order valence-electron chi connectivity index (χ3n) is 5.04. The minimum atomic E-state index is 0. The second-order valence-electron chi connectivity index (χ2n) is 6.74. The monoisotopic (exact) mass is 511 g/mol. The van der Waals surface area contributed by atoms with Crippen LogP contribution in [0.1, 0.15) is 23.7 Å². The summed E-state index contributed by atoms with van der Waals surface area (Å²) in [4.78, 5) is 4.34. The van der Waals surface area contributed by atoms with Gasteiger partial charge in [-0.15, -0.1) is 24.0 Å².